The standard InChI is InChI=1S/C14H20Cl2N2O2/c1-17(2)6-7-18(8-9-20-3)14(19)12-5-4-11(15)10-13(12)16/h4-5,10H,6-9H2,1-3H3. The molecule has 0 aliphatic carbocycles. The predicted octanol–water partition coefficient (Wildman–Crippen LogP) is 2.64. The van der Waals surface area contributed by atoms with Gasteiger partial charge in [-0.3, -0.25) is 4.79 Å². The molecule has 0 atom stereocenters. The number of halogens is 2. The second-order valence-electron chi connectivity index (χ2n) is 4.71. The van der Waals surface area contributed by atoms with Crippen molar-refractivity contribution < 1.29 is 9.53 Å². The number of nitrogens with zero attached hydrogens (tertiary/aromatic N) is 2. The largest absolute Gasteiger partial charge is 0.383 e. The number of hydrogen-bond donors (Lipinski definition) is 0. The average Bonchev–Trinajstić information content (AvgIpc) is 2.38. The minimum absolute atomic E-state index is 0.106. The van der Waals surface area contributed by atoms with Crippen molar-refractivity contribution in [2.24, 2.45) is 0 Å². The highest BCUT2D eigenvalue weighted by Crippen LogP contribution is 2.22. The first-order chi connectivity index (χ1) is 9.45. The fourth-order valence-corrected chi connectivity index (χ4v) is 2.16. The third-order valence-electron chi connectivity index (χ3n) is 2.83. The molecular weight excluding hydrogens is 299 g/mol. The van der Waals surface area contributed by atoms with E-state index in [0.717, 1.165) is 6.54 Å². The number of carbonyl (C=O) groups is 1. The molecule has 1 amide bonds. The molecule has 112 valence electrons. The summed E-state index contributed by atoms with van der Waals surface area (Å²) >= 11 is 11.9. The normalized spacial score (nSPS) is 10.9. The third kappa shape index (κ3) is 5.29. The highest BCUT2D eigenvalue weighted by atomic mass is 35.5. The van der Waals surface area contributed by atoms with Gasteiger partial charge in [0.05, 0.1) is 17.2 Å². The molecule has 1 aromatic rings. The van der Waals surface area contributed by atoms with E-state index in [0.29, 0.717) is 35.3 Å². The van der Waals surface area contributed by atoms with E-state index in [1.54, 1.807) is 30.2 Å². The molecule has 0 aliphatic rings. The molecule has 1 rings (SSSR count). The molecule has 0 saturated heterocycles. The van der Waals surface area contributed by atoms with E-state index < -0.39 is 0 Å². The number of carbonyl (C=O) groups excluding carboxylic acids is 1. The first kappa shape index (κ1) is 17.2. The molecule has 0 N–H and O–H groups in total. The summed E-state index contributed by atoms with van der Waals surface area (Å²) in [6.07, 6.45) is 0. The second kappa shape index (κ2) is 8.47. The van der Waals surface area contributed by atoms with Crippen molar-refractivity contribution in [1.82, 2.24) is 9.80 Å². The van der Waals surface area contributed by atoms with E-state index >= 15 is 0 Å². The zero-order valence-electron chi connectivity index (χ0n) is 12.0. The minimum atomic E-state index is -0.106. The molecule has 0 bridgehead atoms. The second-order valence-corrected chi connectivity index (χ2v) is 5.56. The Hall–Kier alpha value is -0.810. The Bertz CT molecular complexity index is 453. The maximum atomic E-state index is 12.5. The Labute approximate surface area is 130 Å². The van der Waals surface area contributed by atoms with Gasteiger partial charge in [-0.25, -0.2) is 0 Å². The molecule has 0 unspecified atom stereocenters. The van der Waals surface area contributed by atoms with Crippen molar-refractivity contribution in [3.63, 3.8) is 0 Å². The van der Waals surface area contributed by atoms with Crippen LogP contribution in [-0.4, -0.2) is 63.2 Å². The van der Waals surface area contributed by atoms with Crippen LogP contribution in [0.2, 0.25) is 10.0 Å². The summed E-state index contributed by atoms with van der Waals surface area (Å²) in [5.74, 6) is -0.106. The van der Waals surface area contributed by atoms with E-state index in [4.69, 9.17) is 27.9 Å². The van der Waals surface area contributed by atoms with Gasteiger partial charge >= 0.3 is 0 Å². The van der Waals surface area contributed by atoms with Gasteiger partial charge in [-0.2, -0.15) is 0 Å². The lowest BCUT2D eigenvalue weighted by atomic mass is 10.2. The molecule has 20 heavy (non-hydrogen) atoms. The summed E-state index contributed by atoms with van der Waals surface area (Å²) < 4.78 is 5.05. The first-order valence-corrected chi connectivity index (χ1v) is 7.09. The fourth-order valence-electron chi connectivity index (χ4n) is 1.67. The van der Waals surface area contributed by atoms with Crippen LogP contribution in [0.4, 0.5) is 0 Å². The number of likely N-dealkylation sites (N-methyl/N-ethyl adjacent to an activating group) is 1. The summed E-state index contributed by atoms with van der Waals surface area (Å²) in [4.78, 5) is 16.3. The Morgan fingerprint density at radius 3 is 2.45 bits per heavy atom. The summed E-state index contributed by atoms with van der Waals surface area (Å²) in [6, 6.07) is 4.90. The zero-order valence-corrected chi connectivity index (χ0v) is 13.5. The fraction of sp³-hybridized carbons (Fsp3) is 0.500. The van der Waals surface area contributed by atoms with Crippen LogP contribution >= 0.6 is 23.2 Å². The summed E-state index contributed by atoms with van der Waals surface area (Å²) in [7, 11) is 5.55. The smallest absolute Gasteiger partial charge is 0.255 e. The van der Waals surface area contributed by atoms with Crippen molar-refractivity contribution in [3.05, 3.63) is 33.8 Å². The Kier molecular flexibility index (Phi) is 7.30. The van der Waals surface area contributed by atoms with Crippen LogP contribution < -0.4 is 0 Å². The molecule has 0 aliphatic heterocycles. The molecule has 0 aromatic heterocycles. The number of methoxy groups -OCH3 is 1. The molecule has 0 heterocycles. The van der Waals surface area contributed by atoms with Crippen LogP contribution in [0, 0.1) is 0 Å². The van der Waals surface area contributed by atoms with Crippen LogP contribution in [0.1, 0.15) is 10.4 Å². The van der Waals surface area contributed by atoms with Crippen LogP contribution in [0.25, 0.3) is 0 Å². The van der Waals surface area contributed by atoms with Crippen molar-refractivity contribution in [2.45, 2.75) is 0 Å². The van der Waals surface area contributed by atoms with Gasteiger partial charge in [-0.15, -0.1) is 0 Å². The van der Waals surface area contributed by atoms with Crippen LogP contribution in [0.5, 0.6) is 0 Å². The van der Waals surface area contributed by atoms with E-state index in [1.807, 2.05) is 19.0 Å². The molecule has 0 saturated carbocycles. The zero-order chi connectivity index (χ0) is 15.1. The monoisotopic (exact) mass is 318 g/mol. The number of ether oxygens (including phenoxy) is 1. The van der Waals surface area contributed by atoms with Gasteiger partial charge in [-0.1, -0.05) is 23.2 Å². The van der Waals surface area contributed by atoms with E-state index in [1.165, 1.54) is 0 Å². The Morgan fingerprint density at radius 2 is 1.90 bits per heavy atom. The minimum Gasteiger partial charge on any atom is -0.383 e. The molecule has 0 spiro atoms. The van der Waals surface area contributed by atoms with Crippen molar-refractivity contribution in [2.75, 3.05) is 47.4 Å². The summed E-state index contributed by atoms with van der Waals surface area (Å²) in [5, 5.41) is 0.887. The topological polar surface area (TPSA) is 32.8 Å². The summed E-state index contributed by atoms with van der Waals surface area (Å²) in [6.45, 7) is 2.42. The maximum absolute atomic E-state index is 12.5. The van der Waals surface area contributed by atoms with Gasteiger partial charge in [0, 0.05) is 31.8 Å². The molecule has 0 fully saturated rings. The first-order valence-electron chi connectivity index (χ1n) is 6.33. The summed E-state index contributed by atoms with van der Waals surface area (Å²) in [5.41, 5.74) is 0.464. The predicted molar refractivity (Wildman–Crippen MR) is 82.8 cm³/mol. The SMILES string of the molecule is COCCN(CCN(C)C)C(=O)c1ccc(Cl)cc1Cl. The maximum Gasteiger partial charge on any atom is 0.255 e. The molecular formula is C14H20Cl2N2O2. The highest BCUT2D eigenvalue weighted by Gasteiger charge is 2.18. The van der Waals surface area contributed by atoms with E-state index in [2.05, 4.69) is 0 Å². The Balaban J connectivity index is 2.84. The molecule has 0 radical (unpaired) electrons. The highest BCUT2D eigenvalue weighted by molar-refractivity contribution is 6.36. The van der Waals surface area contributed by atoms with Gasteiger partial charge < -0.3 is 14.5 Å². The quantitative estimate of drug-likeness (QED) is 0.774. The lowest BCUT2D eigenvalue weighted by Gasteiger charge is -2.24. The van der Waals surface area contributed by atoms with Gasteiger partial charge in [0.15, 0.2) is 0 Å². The molecule has 6 heteroatoms. The van der Waals surface area contributed by atoms with Gasteiger partial charge in [-0.05, 0) is 32.3 Å². The van der Waals surface area contributed by atoms with Crippen molar-refractivity contribution in [3.8, 4) is 0 Å². The Morgan fingerprint density at radius 1 is 1.20 bits per heavy atom. The number of rotatable bonds is 7. The number of hydrogen-bond acceptors (Lipinski definition) is 3. The lowest BCUT2D eigenvalue weighted by molar-refractivity contribution is 0.0683. The van der Waals surface area contributed by atoms with Crippen LogP contribution in [0.3, 0.4) is 0 Å². The van der Waals surface area contributed by atoms with Gasteiger partial charge in [0.2, 0.25) is 0 Å². The average molecular weight is 319 g/mol. The van der Waals surface area contributed by atoms with E-state index in [9.17, 15) is 4.79 Å². The third-order valence-corrected chi connectivity index (χ3v) is 3.38. The van der Waals surface area contributed by atoms with Crippen molar-refractivity contribution >= 4 is 29.1 Å². The van der Waals surface area contributed by atoms with Crippen LogP contribution in [-0.2, 0) is 4.74 Å². The lowest BCUT2D eigenvalue weighted by Crippen LogP contribution is -2.38. The van der Waals surface area contributed by atoms with E-state index in [-0.39, 0.29) is 5.91 Å². The van der Waals surface area contributed by atoms with Crippen LogP contribution in [0.15, 0.2) is 18.2 Å². The van der Waals surface area contributed by atoms with Crippen molar-refractivity contribution in [1.29, 1.82) is 0 Å². The van der Waals surface area contributed by atoms with Gasteiger partial charge in [0.1, 0.15) is 0 Å². The molecule has 4 nitrogen and oxygen atoms in total. The number of amides is 1. The number of benzene rings is 1. The molecule has 1 aromatic carbocycles. The van der Waals surface area contributed by atoms with Gasteiger partial charge in [0.25, 0.3) is 5.91 Å².